The lowest BCUT2D eigenvalue weighted by molar-refractivity contribution is 0.102. The van der Waals surface area contributed by atoms with Crippen LogP contribution in [-0.2, 0) is 6.54 Å². The van der Waals surface area contributed by atoms with E-state index in [1.165, 1.54) is 0 Å². The molecule has 0 aliphatic heterocycles. The van der Waals surface area contributed by atoms with E-state index >= 15 is 0 Å². The highest BCUT2D eigenvalue weighted by molar-refractivity contribution is 6.02. The standard InChI is InChI=1S/C17H18N6O/c1-12-9-15(22-23(12)8-5-18)17(24)21-16-10-13(4-7-20-16)14-3-2-6-19-11-14/h2-4,6-7,9-11H,5,8,18H2,1H3,(H,20,21,24). The van der Waals surface area contributed by atoms with Crippen LogP contribution >= 0.6 is 0 Å². The number of pyridine rings is 2. The first-order valence-corrected chi connectivity index (χ1v) is 7.59. The largest absolute Gasteiger partial charge is 0.329 e. The lowest BCUT2D eigenvalue weighted by atomic mass is 10.1. The highest BCUT2D eigenvalue weighted by atomic mass is 16.2. The van der Waals surface area contributed by atoms with Crippen molar-refractivity contribution in [2.24, 2.45) is 5.73 Å². The maximum atomic E-state index is 12.4. The monoisotopic (exact) mass is 322 g/mol. The summed E-state index contributed by atoms with van der Waals surface area (Å²) in [6.07, 6.45) is 5.13. The molecule has 0 aromatic carbocycles. The second-order valence-electron chi connectivity index (χ2n) is 5.31. The summed E-state index contributed by atoms with van der Waals surface area (Å²) < 4.78 is 1.72. The first-order valence-electron chi connectivity index (χ1n) is 7.59. The molecule has 3 heterocycles. The van der Waals surface area contributed by atoms with E-state index in [4.69, 9.17) is 5.73 Å². The third kappa shape index (κ3) is 3.47. The average molecular weight is 322 g/mol. The highest BCUT2D eigenvalue weighted by Crippen LogP contribution is 2.20. The van der Waals surface area contributed by atoms with Gasteiger partial charge >= 0.3 is 0 Å². The minimum Gasteiger partial charge on any atom is -0.329 e. The van der Waals surface area contributed by atoms with Crippen LogP contribution in [0.3, 0.4) is 0 Å². The number of aromatic nitrogens is 4. The van der Waals surface area contributed by atoms with Gasteiger partial charge in [-0.1, -0.05) is 6.07 Å². The van der Waals surface area contributed by atoms with Gasteiger partial charge in [-0.15, -0.1) is 0 Å². The Kier molecular flexibility index (Phi) is 4.62. The first kappa shape index (κ1) is 15.8. The smallest absolute Gasteiger partial charge is 0.277 e. The van der Waals surface area contributed by atoms with Gasteiger partial charge in [-0.3, -0.25) is 14.5 Å². The molecule has 0 unspecified atom stereocenters. The Hall–Kier alpha value is -3.06. The summed E-state index contributed by atoms with van der Waals surface area (Å²) in [4.78, 5) is 20.6. The number of aryl methyl sites for hydroxylation is 1. The van der Waals surface area contributed by atoms with Crippen molar-refractivity contribution in [1.82, 2.24) is 19.7 Å². The number of nitrogens with one attached hydrogen (secondary N) is 1. The van der Waals surface area contributed by atoms with E-state index in [2.05, 4.69) is 20.4 Å². The van der Waals surface area contributed by atoms with Gasteiger partial charge in [-0.25, -0.2) is 4.98 Å². The van der Waals surface area contributed by atoms with Crippen LogP contribution in [0.1, 0.15) is 16.2 Å². The molecule has 0 spiro atoms. The zero-order valence-corrected chi connectivity index (χ0v) is 13.3. The average Bonchev–Trinajstić information content (AvgIpc) is 2.97. The molecule has 0 aliphatic rings. The van der Waals surface area contributed by atoms with Crippen molar-refractivity contribution in [1.29, 1.82) is 0 Å². The molecule has 24 heavy (non-hydrogen) atoms. The number of nitrogens with two attached hydrogens (primary N) is 1. The molecule has 0 fully saturated rings. The van der Waals surface area contributed by atoms with Crippen LogP contribution in [0.5, 0.6) is 0 Å². The Morgan fingerprint density at radius 3 is 2.88 bits per heavy atom. The number of hydrogen-bond acceptors (Lipinski definition) is 5. The predicted octanol–water partition coefficient (Wildman–Crippen LogP) is 1.86. The zero-order chi connectivity index (χ0) is 16.9. The van der Waals surface area contributed by atoms with Crippen LogP contribution in [0.25, 0.3) is 11.1 Å². The molecule has 1 amide bonds. The second-order valence-corrected chi connectivity index (χ2v) is 5.31. The van der Waals surface area contributed by atoms with E-state index in [1.54, 1.807) is 35.4 Å². The molecule has 3 rings (SSSR count). The van der Waals surface area contributed by atoms with Gasteiger partial charge in [0.2, 0.25) is 0 Å². The summed E-state index contributed by atoms with van der Waals surface area (Å²) in [6.45, 7) is 2.94. The van der Waals surface area contributed by atoms with E-state index in [9.17, 15) is 4.79 Å². The Bertz CT molecular complexity index is 843. The molecule has 3 N–H and O–H groups in total. The molecular weight excluding hydrogens is 304 g/mol. The molecule has 7 heteroatoms. The molecular formula is C17H18N6O. The van der Waals surface area contributed by atoms with Crippen LogP contribution in [0.4, 0.5) is 5.82 Å². The maximum absolute atomic E-state index is 12.4. The number of rotatable bonds is 5. The van der Waals surface area contributed by atoms with Gasteiger partial charge in [0, 0.05) is 36.4 Å². The van der Waals surface area contributed by atoms with E-state index < -0.39 is 0 Å². The Labute approximate surface area is 139 Å². The summed E-state index contributed by atoms with van der Waals surface area (Å²) in [7, 11) is 0. The molecule has 3 aromatic rings. The van der Waals surface area contributed by atoms with Gasteiger partial charge in [0.25, 0.3) is 5.91 Å². The number of anilines is 1. The molecule has 0 aliphatic carbocycles. The number of amides is 1. The number of carbonyl (C=O) groups is 1. The lowest BCUT2D eigenvalue weighted by Crippen LogP contribution is -2.16. The van der Waals surface area contributed by atoms with Crippen LogP contribution in [-0.4, -0.2) is 32.2 Å². The maximum Gasteiger partial charge on any atom is 0.277 e. The van der Waals surface area contributed by atoms with Crippen molar-refractivity contribution in [2.45, 2.75) is 13.5 Å². The van der Waals surface area contributed by atoms with E-state index in [1.807, 2.05) is 25.1 Å². The number of carbonyl (C=O) groups excluding carboxylic acids is 1. The Morgan fingerprint density at radius 2 is 2.12 bits per heavy atom. The van der Waals surface area contributed by atoms with Crippen molar-refractivity contribution in [3.05, 3.63) is 60.3 Å². The van der Waals surface area contributed by atoms with Crippen molar-refractivity contribution in [2.75, 3.05) is 11.9 Å². The van der Waals surface area contributed by atoms with Crippen molar-refractivity contribution < 1.29 is 4.79 Å². The molecule has 0 bridgehead atoms. The molecule has 0 saturated carbocycles. The molecule has 0 saturated heterocycles. The number of nitrogens with zero attached hydrogens (tertiary/aromatic N) is 4. The van der Waals surface area contributed by atoms with Crippen LogP contribution in [0.15, 0.2) is 48.9 Å². The van der Waals surface area contributed by atoms with Crippen LogP contribution in [0, 0.1) is 6.92 Å². The molecule has 0 radical (unpaired) electrons. The van der Waals surface area contributed by atoms with Gasteiger partial charge in [0.05, 0.1) is 6.54 Å². The summed E-state index contributed by atoms with van der Waals surface area (Å²) in [5, 5.41) is 7.04. The Morgan fingerprint density at radius 1 is 1.25 bits per heavy atom. The van der Waals surface area contributed by atoms with Crippen molar-refractivity contribution in [3.8, 4) is 11.1 Å². The zero-order valence-electron chi connectivity index (χ0n) is 13.3. The van der Waals surface area contributed by atoms with Gasteiger partial charge in [-0.05, 0) is 36.8 Å². The van der Waals surface area contributed by atoms with Gasteiger partial charge in [0.1, 0.15) is 5.82 Å². The van der Waals surface area contributed by atoms with Gasteiger partial charge < -0.3 is 11.1 Å². The molecule has 3 aromatic heterocycles. The first-order chi connectivity index (χ1) is 11.7. The highest BCUT2D eigenvalue weighted by Gasteiger charge is 2.13. The van der Waals surface area contributed by atoms with Crippen molar-refractivity contribution >= 4 is 11.7 Å². The lowest BCUT2D eigenvalue weighted by Gasteiger charge is -2.05. The quantitative estimate of drug-likeness (QED) is 0.747. The van der Waals surface area contributed by atoms with E-state index in [0.29, 0.717) is 24.6 Å². The summed E-state index contributed by atoms with van der Waals surface area (Å²) in [5.41, 5.74) is 8.65. The van der Waals surface area contributed by atoms with E-state index in [-0.39, 0.29) is 5.91 Å². The van der Waals surface area contributed by atoms with Gasteiger partial charge in [0.15, 0.2) is 5.69 Å². The minimum atomic E-state index is -0.301. The fraction of sp³-hybridized carbons (Fsp3) is 0.176. The fourth-order valence-corrected chi connectivity index (χ4v) is 2.36. The summed E-state index contributed by atoms with van der Waals surface area (Å²) in [6, 6.07) is 9.22. The normalized spacial score (nSPS) is 10.6. The van der Waals surface area contributed by atoms with Crippen LogP contribution < -0.4 is 11.1 Å². The second kappa shape index (κ2) is 7.01. The third-order valence-corrected chi connectivity index (χ3v) is 3.55. The SMILES string of the molecule is Cc1cc(C(=O)Nc2cc(-c3cccnc3)ccn2)nn1CCN. The van der Waals surface area contributed by atoms with E-state index in [0.717, 1.165) is 16.8 Å². The molecule has 7 nitrogen and oxygen atoms in total. The van der Waals surface area contributed by atoms with Crippen molar-refractivity contribution in [3.63, 3.8) is 0 Å². The number of hydrogen-bond donors (Lipinski definition) is 2. The minimum absolute atomic E-state index is 0.301. The Balaban J connectivity index is 1.79. The predicted molar refractivity (Wildman–Crippen MR) is 91.4 cm³/mol. The molecule has 122 valence electrons. The topological polar surface area (TPSA) is 98.7 Å². The third-order valence-electron chi connectivity index (χ3n) is 3.55. The van der Waals surface area contributed by atoms with Gasteiger partial charge in [-0.2, -0.15) is 5.10 Å². The summed E-state index contributed by atoms with van der Waals surface area (Å²) in [5.74, 6) is 0.164. The van der Waals surface area contributed by atoms with Crippen LogP contribution in [0.2, 0.25) is 0 Å². The fourth-order valence-electron chi connectivity index (χ4n) is 2.36. The summed E-state index contributed by atoms with van der Waals surface area (Å²) >= 11 is 0. The molecule has 0 atom stereocenters.